The van der Waals surface area contributed by atoms with Crippen LogP contribution in [0.2, 0.25) is 0 Å². The van der Waals surface area contributed by atoms with Crippen LogP contribution in [0.25, 0.3) is 66.4 Å². The number of rotatable bonds is 6. The van der Waals surface area contributed by atoms with Crippen molar-refractivity contribution in [1.82, 2.24) is 0 Å². The fourth-order valence-electron chi connectivity index (χ4n) is 7.00. The van der Waals surface area contributed by atoms with Crippen molar-refractivity contribution >= 4 is 66.8 Å². The molecule has 8 aromatic rings. The molecule has 0 unspecified atom stereocenters. The van der Waals surface area contributed by atoms with E-state index in [4.69, 9.17) is 9.47 Å². The number of hydrogen-bond acceptors (Lipinski definition) is 4. The zero-order valence-electron chi connectivity index (χ0n) is 27.5. The van der Waals surface area contributed by atoms with Crippen LogP contribution in [0.3, 0.4) is 0 Å². The minimum atomic E-state index is -0.0407. The maximum atomic E-state index is 13.1. The fraction of sp³-hybridized carbons (Fsp3) is 0.0213. The highest BCUT2D eigenvalue weighted by Crippen LogP contribution is 2.47. The van der Waals surface area contributed by atoms with E-state index in [9.17, 15) is 9.59 Å². The molecule has 51 heavy (non-hydrogen) atoms. The number of carbonyl (C=O) groups excluding carboxylic acids is 2. The summed E-state index contributed by atoms with van der Waals surface area (Å²) >= 11 is 0. The molecule has 0 amide bonds. The molecule has 0 aromatic heterocycles. The van der Waals surface area contributed by atoms with Crippen LogP contribution in [0.15, 0.2) is 158 Å². The van der Waals surface area contributed by atoms with Crippen molar-refractivity contribution in [2.45, 2.75) is 0 Å². The summed E-state index contributed by atoms with van der Waals surface area (Å²) in [5.74, 6) is 1.41. The molecule has 8 aromatic carbocycles. The van der Waals surface area contributed by atoms with Gasteiger partial charge >= 0.3 is 0 Å². The molecular formula is C47H30O4. The van der Waals surface area contributed by atoms with Crippen LogP contribution in [0.5, 0.6) is 11.5 Å². The number of carbonyl (C=O) groups is 2. The second kappa shape index (κ2) is 12.6. The lowest BCUT2D eigenvalue weighted by Crippen LogP contribution is -2.03. The fourth-order valence-corrected chi connectivity index (χ4v) is 7.00. The molecule has 1 aliphatic rings. The van der Waals surface area contributed by atoms with Crippen LogP contribution < -0.4 is 9.47 Å². The van der Waals surface area contributed by atoms with Gasteiger partial charge in [0.1, 0.15) is 11.5 Å². The molecule has 0 atom stereocenters. The quantitative estimate of drug-likeness (QED) is 0.132. The molecule has 4 nitrogen and oxygen atoms in total. The summed E-state index contributed by atoms with van der Waals surface area (Å²) in [5, 5.41) is 8.39. The highest BCUT2D eigenvalue weighted by Gasteiger charge is 2.22. The molecule has 1 aliphatic heterocycles. The van der Waals surface area contributed by atoms with Crippen molar-refractivity contribution < 1.29 is 19.1 Å². The molecule has 0 bridgehead atoms. The van der Waals surface area contributed by atoms with Crippen LogP contribution >= 0.6 is 0 Å². The van der Waals surface area contributed by atoms with E-state index in [2.05, 4.69) is 24.3 Å². The van der Waals surface area contributed by atoms with Crippen molar-refractivity contribution in [3.8, 4) is 22.6 Å². The smallest absolute Gasteiger partial charge is 0.230 e. The Hall–Kier alpha value is -6.78. The predicted molar refractivity (Wildman–Crippen MR) is 208 cm³/mol. The Morgan fingerprint density at radius 3 is 1.33 bits per heavy atom. The maximum Gasteiger partial charge on any atom is 0.230 e. The maximum absolute atomic E-state index is 13.1. The zero-order valence-corrected chi connectivity index (χ0v) is 27.5. The number of benzene rings is 8. The summed E-state index contributed by atoms with van der Waals surface area (Å²) in [6, 6.07) is 48.1. The van der Waals surface area contributed by atoms with Crippen molar-refractivity contribution in [3.05, 3.63) is 180 Å². The van der Waals surface area contributed by atoms with E-state index < -0.39 is 0 Å². The van der Waals surface area contributed by atoms with Gasteiger partial charge in [-0.15, -0.1) is 0 Å². The molecule has 0 radical (unpaired) electrons. The van der Waals surface area contributed by atoms with E-state index in [-0.39, 0.29) is 18.4 Å². The zero-order chi connectivity index (χ0) is 34.3. The minimum Gasteiger partial charge on any atom is -0.457 e. The number of ketones is 2. The standard InChI is InChI=1S/C47H30O4/c48-42(38-15-13-32-5-1-3-7-34(32)27-38)21-11-30-9-19-40-36(25-30)17-23-44-46(40)47-41-20-10-31(26-37(41)18-24-45(47)51-29-50-44)12-22-43(49)39-16-14-33-6-2-4-8-35(33)28-39/h1-28H,29H2/b21-11+,22-12+. The van der Waals surface area contributed by atoms with Crippen LogP contribution in [-0.4, -0.2) is 18.4 Å². The highest BCUT2D eigenvalue weighted by molar-refractivity contribution is 6.12. The van der Waals surface area contributed by atoms with E-state index in [1.807, 2.05) is 133 Å². The normalized spacial score (nSPS) is 12.5. The first kappa shape index (κ1) is 30.3. The van der Waals surface area contributed by atoms with E-state index in [0.29, 0.717) is 11.1 Å². The summed E-state index contributed by atoms with van der Waals surface area (Å²) < 4.78 is 12.2. The SMILES string of the molecule is O=C(/C=C/c1ccc2c3c(ccc2c1)OCOc1ccc2cc(/C=C/C(=O)c4ccc5ccccc5c4)ccc2c1-3)c1ccc2ccccc2c1. The van der Waals surface area contributed by atoms with Crippen LogP contribution in [0.4, 0.5) is 0 Å². The van der Waals surface area contributed by atoms with Crippen LogP contribution in [0, 0.1) is 0 Å². The molecular weight excluding hydrogens is 629 g/mol. The summed E-state index contributed by atoms with van der Waals surface area (Å²) in [4.78, 5) is 26.2. The molecule has 0 fully saturated rings. The van der Waals surface area contributed by atoms with E-state index in [1.165, 1.54) is 0 Å². The monoisotopic (exact) mass is 658 g/mol. The van der Waals surface area contributed by atoms with Gasteiger partial charge in [0, 0.05) is 22.3 Å². The van der Waals surface area contributed by atoms with Crippen molar-refractivity contribution in [2.24, 2.45) is 0 Å². The average Bonchev–Trinajstić information content (AvgIpc) is 3.38. The highest BCUT2D eigenvalue weighted by atomic mass is 16.7. The van der Waals surface area contributed by atoms with Gasteiger partial charge in [0.25, 0.3) is 0 Å². The lowest BCUT2D eigenvalue weighted by Gasteiger charge is -2.14. The number of ether oxygens (including phenoxy) is 2. The predicted octanol–water partition coefficient (Wildman–Crippen LogP) is 11.5. The van der Waals surface area contributed by atoms with Gasteiger partial charge in [-0.25, -0.2) is 0 Å². The van der Waals surface area contributed by atoms with Crippen molar-refractivity contribution in [1.29, 1.82) is 0 Å². The first-order valence-electron chi connectivity index (χ1n) is 16.9. The van der Waals surface area contributed by atoms with Gasteiger partial charge in [-0.05, 0) is 103 Å². The summed E-state index contributed by atoms with van der Waals surface area (Å²) in [6.07, 6.45) is 7.00. The van der Waals surface area contributed by atoms with Crippen molar-refractivity contribution in [2.75, 3.05) is 6.79 Å². The Labute approximate surface area is 294 Å². The first-order chi connectivity index (χ1) is 25.1. The molecule has 0 saturated carbocycles. The van der Waals surface area contributed by atoms with E-state index >= 15 is 0 Å². The minimum absolute atomic E-state index is 0.0407. The van der Waals surface area contributed by atoms with Gasteiger partial charge in [0.05, 0.1) is 0 Å². The average molecular weight is 659 g/mol. The third kappa shape index (κ3) is 5.73. The molecule has 0 N–H and O–H groups in total. The Kier molecular flexibility index (Phi) is 7.48. The Morgan fingerprint density at radius 2 is 0.863 bits per heavy atom. The molecule has 0 spiro atoms. The van der Waals surface area contributed by atoms with Gasteiger partial charge in [-0.2, -0.15) is 0 Å². The number of allylic oxidation sites excluding steroid dienone is 2. The second-order valence-electron chi connectivity index (χ2n) is 12.8. The summed E-state index contributed by atoms with van der Waals surface area (Å²) in [5.41, 5.74) is 5.09. The molecule has 4 heteroatoms. The van der Waals surface area contributed by atoms with E-state index in [0.717, 1.165) is 76.8 Å². The second-order valence-corrected chi connectivity index (χ2v) is 12.8. The number of hydrogen-bond donors (Lipinski definition) is 0. The first-order valence-corrected chi connectivity index (χ1v) is 16.9. The lowest BCUT2D eigenvalue weighted by atomic mass is 9.91. The molecule has 0 saturated heterocycles. The topological polar surface area (TPSA) is 52.6 Å². The van der Waals surface area contributed by atoms with Crippen LogP contribution in [0.1, 0.15) is 31.8 Å². The third-order valence-electron chi connectivity index (χ3n) is 9.61. The van der Waals surface area contributed by atoms with Crippen LogP contribution in [-0.2, 0) is 0 Å². The van der Waals surface area contributed by atoms with Gasteiger partial charge in [-0.3, -0.25) is 9.59 Å². The summed E-state index contributed by atoms with van der Waals surface area (Å²) in [6.45, 7) is 0.104. The van der Waals surface area contributed by atoms with Gasteiger partial charge in [0.15, 0.2) is 11.6 Å². The Morgan fingerprint density at radius 1 is 0.431 bits per heavy atom. The third-order valence-corrected chi connectivity index (χ3v) is 9.61. The largest absolute Gasteiger partial charge is 0.457 e. The molecule has 242 valence electrons. The van der Waals surface area contributed by atoms with Crippen molar-refractivity contribution in [3.63, 3.8) is 0 Å². The summed E-state index contributed by atoms with van der Waals surface area (Å²) in [7, 11) is 0. The van der Waals surface area contributed by atoms with Gasteiger partial charge < -0.3 is 9.47 Å². The lowest BCUT2D eigenvalue weighted by molar-refractivity contribution is 0.104. The van der Waals surface area contributed by atoms with Gasteiger partial charge in [0.2, 0.25) is 6.79 Å². The number of fused-ring (bicyclic) bond motifs is 9. The van der Waals surface area contributed by atoms with Gasteiger partial charge in [-0.1, -0.05) is 121 Å². The van der Waals surface area contributed by atoms with E-state index in [1.54, 1.807) is 12.2 Å². The molecule has 9 rings (SSSR count). The Balaban J connectivity index is 1.04. The molecule has 1 heterocycles. The Bertz CT molecular complexity index is 2580. The molecule has 0 aliphatic carbocycles.